The smallest absolute Gasteiger partial charge is 0.291 e. The highest BCUT2D eigenvalue weighted by Gasteiger charge is 2.30. The molecule has 7 nitrogen and oxygen atoms in total. The maximum atomic E-state index is 12.0. The van der Waals surface area contributed by atoms with E-state index in [4.69, 9.17) is 5.73 Å². The third-order valence-corrected chi connectivity index (χ3v) is 4.46. The fraction of sp³-hybridized carbons (Fsp3) is 0.400. The van der Waals surface area contributed by atoms with Gasteiger partial charge < -0.3 is 5.73 Å². The molecule has 1 aromatic carbocycles. The molecule has 3 N–H and O–H groups in total. The molecule has 1 aliphatic carbocycles. The molecule has 1 saturated carbocycles. The van der Waals surface area contributed by atoms with Gasteiger partial charge in [-0.1, -0.05) is 6.42 Å². The minimum atomic E-state index is -3.86. The highest BCUT2D eigenvalue weighted by atomic mass is 32.2. The van der Waals surface area contributed by atoms with Crippen LogP contribution in [0.2, 0.25) is 0 Å². The van der Waals surface area contributed by atoms with Gasteiger partial charge in [0.15, 0.2) is 4.90 Å². The fourth-order valence-electron chi connectivity index (χ4n) is 1.71. The average Bonchev–Trinajstić information content (AvgIpc) is 2.23. The van der Waals surface area contributed by atoms with Crippen molar-refractivity contribution in [3.8, 4) is 0 Å². The highest BCUT2D eigenvalue weighted by molar-refractivity contribution is 7.89. The van der Waals surface area contributed by atoms with Gasteiger partial charge in [0, 0.05) is 17.8 Å². The Bertz CT molecular complexity index is 581. The van der Waals surface area contributed by atoms with Crippen molar-refractivity contribution in [2.75, 3.05) is 5.73 Å². The maximum absolute atomic E-state index is 12.0. The molecule has 0 aliphatic heterocycles. The first-order valence-electron chi connectivity index (χ1n) is 5.46. The van der Waals surface area contributed by atoms with Crippen LogP contribution >= 0.6 is 0 Å². The third kappa shape index (κ3) is 2.44. The van der Waals surface area contributed by atoms with E-state index in [2.05, 4.69) is 4.72 Å². The number of nitrogens with one attached hydrogen (secondary N) is 1. The van der Waals surface area contributed by atoms with Gasteiger partial charge in [-0.3, -0.25) is 10.1 Å². The number of rotatable bonds is 4. The van der Waals surface area contributed by atoms with Gasteiger partial charge in [-0.15, -0.1) is 0 Å². The molecule has 0 bridgehead atoms. The van der Waals surface area contributed by atoms with Gasteiger partial charge in [0.2, 0.25) is 10.0 Å². The molecule has 8 heteroatoms. The molecule has 18 heavy (non-hydrogen) atoms. The summed E-state index contributed by atoms with van der Waals surface area (Å²) in [4.78, 5) is 9.76. The summed E-state index contributed by atoms with van der Waals surface area (Å²) in [7, 11) is -3.86. The molecule has 0 radical (unpaired) electrons. The summed E-state index contributed by atoms with van der Waals surface area (Å²) in [6.07, 6.45) is 2.50. The summed E-state index contributed by atoms with van der Waals surface area (Å²) in [6.45, 7) is 0. The Labute approximate surface area is 104 Å². The fourth-order valence-corrected chi connectivity index (χ4v) is 3.17. The van der Waals surface area contributed by atoms with Crippen molar-refractivity contribution in [3.63, 3.8) is 0 Å². The van der Waals surface area contributed by atoms with Crippen molar-refractivity contribution >= 4 is 21.4 Å². The molecule has 0 unspecified atom stereocenters. The quantitative estimate of drug-likeness (QED) is 0.481. The summed E-state index contributed by atoms with van der Waals surface area (Å²) in [5.74, 6) is 0. The number of sulfonamides is 1. The Balaban J connectivity index is 2.39. The van der Waals surface area contributed by atoms with E-state index < -0.39 is 20.6 Å². The summed E-state index contributed by atoms with van der Waals surface area (Å²) < 4.78 is 26.5. The number of nitrogen functional groups attached to an aromatic ring is 1. The Morgan fingerprint density at radius 2 is 2.06 bits per heavy atom. The maximum Gasteiger partial charge on any atom is 0.291 e. The van der Waals surface area contributed by atoms with Crippen LogP contribution in [0, 0.1) is 10.1 Å². The predicted octanol–water partition coefficient (Wildman–Crippen LogP) is 1.01. The van der Waals surface area contributed by atoms with Gasteiger partial charge >= 0.3 is 0 Å². The molecular formula is C10H13N3O4S. The van der Waals surface area contributed by atoms with Crippen LogP contribution in [-0.2, 0) is 10.0 Å². The lowest BCUT2D eigenvalue weighted by Crippen LogP contribution is -2.39. The van der Waals surface area contributed by atoms with Crippen LogP contribution < -0.4 is 10.5 Å². The van der Waals surface area contributed by atoms with Crippen molar-refractivity contribution < 1.29 is 13.3 Å². The first-order valence-corrected chi connectivity index (χ1v) is 6.95. The summed E-state index contributed by atoms with van der Waals surface area (Å²) >= 11 is 0. The summed E-state index contributed by atoms with van der Waals surface area (Å²) in [5.41, 5.74) is 5.09. The molecule has 1 fully saturated rings. The normalized spacial score (nSPS) is 16.2. The van der Waals surface area contributed by atoms with Crippen LogP contribution in [-0.4, -0.2) is 19.4 Å². The topological polar surface area (TPSA) is 115 Å². The Hall–Kier alpha value is -1.67. The van der Waals surface area contributed by atoms with Crippen LogP contribution in [0.3, 0.4) is 0 Å². The number of anilines is 1. The van der Waals surface area contributed by atoms with E-state index >= 15 is 0 Å². The Morgan fingerprint density at radius 3 is 2.56 bits per heavy atom. The molecule has 98 valence electrons. The highest BCUT2D eigenvalue weighted by Crippen LogP contribution is 2.28. The molecule has 0 heterocycles. The molecule has 0 saturated heterocycles. The molecule has 0 spiro atoms. The molecule has 1 aliphatic rings. The van der Waals surface area contributed by atoms with E-state index in [1.807, 2.05) is 0 Å². The van der Waals surface area contributed by atoms with Crippen molar-refractivity contribution in [3.05, 3.63) is 28.3 Å². The lowest BCUT2D eigenvalue weighted by Gasteiger charge is -2.25. The average molecular weight is 271 g/mol. The van der Waals surface area contributed by atoms with Crippen molar-refractivity contribution in [1.29, 1.82) is 0 Å². The second-order valence-electron chi connectivity index (χ2n) is 4.23. The van der Waals surface area contributed by atoms with Gasteiger partial charge in [-0.25, -0.2) is 13.1 Å². The van der Waals surface area contributed by atoms with Gasteiger partial charge in [-0.2, -0.15) is 0 Å². The van der Waals surface area contributed by atoms with Crippen LogP contribution in [0.4, 0.5) is 11.4 Å². The molecule has 0 aromatic heterocycles. The van der Waals surface area contributed by atoms with Gasteiger partial charge in [0.05, 0.1) is 4.92 Å². The number of hydrogen-bond donors (Lipinski definition) is 2. The number of nitro groups is 1. The summed E-state index contributed by atoms with van der Waals surface area (Å²) in [6, 6.07) is 3.43. The zero-order valence-electron chi connectivity index (χ0n) is 9.50. The van der Waals surface area contributed by atoms with Crippen LogP contribution in [0.1, 0.15) is 19.3 Å². The van der Waals surface area contributed by atoms with E-state index in [1.165, 1.54) is 6.07 Å². The van der Waals surface area contributed by atoms with Crippen LogP contribution in [0.25, 0.3) is 0 Å². The van der Waals surface area contributed by atoms with Crippen molar-refractivity contribution in [2.45, 2.75) is 30.2 Å². The van der Waals surface area contributed by atoms with Gasteiger partial charge in [0.1, 0.15) is 0 Å². The minimum absolute atomic E-state index is 0.118. The lowest BCUT2D eigenvalue weighted by molar-refractivity contribution is -0.387. The van der Waals surface area contributed by atoms with Crippen molar-refractivity contribution in [2.24, 2.45) is 0 Å². The molecule has 0 atom stereocenters. The zero-order valence-corrected chi connectivity index (χ0v) is 10.3. The number of nitrogens with zero attached hydrogens (tertiary/aromatic N) is 1. The van der Waals surface area contributed by atoms with Crippen LogP contribution in [0.5, 0.6) is 0 Å². The summed E-state index contributed by atoms with van der Waals surface area (Å²) in [5, 5.41) is 10.8. The van der Waals surface area contributed by atoms with Crippen LogP contribution in [0.15, 0.2) is 23.1 Å². The second-order valence-corrected chi connectivity index (χ2v) is 5.92. The monoisotopic (exact) mass is 271 g/mol. The second kappa shape index (κ2) is 4.54. The van der Waals surface area contributed by atoms with E-state index in [-0.39, 0.29) is 16.6 Å². The standard InChI is InChI=1S/C10H13N3O4S/c11-7-4-5-10(9(6-7)13(14)15)18(16,17)12-8-2-1-3-8/h4-6,8,12H,1-3,11H2. The molecule has 0 amide bonds. The Morgan fingerprint density at radius 1 is 1.39 bits per heavy atom. The largest absolute Gasteiger partial charge is 0.399 e. The molecule has 1 aromatic rings. The lowest BCUT2D eigenvalue weighted by atomic mass is 9.94. The van der Waals surface area contributed by atoms with E-state index in [0.717, 1.165) is 31.4 Å². The molecular weight excluding hydrogens is 258 g/mol. The Kier molecular flexibility index (Phi) is 3.22. The van der Waals surface area contributed by atoms with E-state index in [0.29, 0.717) is 0 Å². The zero-order chi connectivity index (χ0) is 13.3. The van der Waals surface area contributed by atoms with Gasteiger partial charge in [-0.05, 0) is 25.0 Å². The minimum Gasteiger partial charge on any atom is -0.399 e. The molecule has 2 rings (SSSR count). The number of hydrogen-bond acceptors (Lipinski definition) is 5. The number of benzene rings is 1. The predicted molar refractivity (Wildman–Crippen MR) is 65.5 cm³/mol. The third-order valence-electron chi connectivity index (χ3n) is 2.90. The van der Waals surface area contributed by atoms with E-state index in [1.54, 1.807) is 0 Å². The first-order chi connectivity index (χ1) is 8.40. The first kappa shape index (κ1) is 12.8. The van der Waals surface area contributed by atoms with Crippen molar-refractivity contribution in [1.82, 2.24) is 4.72 Å². The van der Waals surface area contributed by atoms with E-state index in [9.17, 15) is 18.5 Å². The SMILES string of the molecule is Nc1ccc(S(=O)(=O)NC2CCC2)c([N+](=O)[O-])c1. The number of nitrogens with two attached hydrogens (primary N) is 1. The number of nitro benzene ring substituents is 1. The van der Waals surface area contributed by atoms with Gasteiger partial charge in [0.25, 0.3) is 5.69 Å².